The standard InChI is InChI=1S/C22H26N2O4/c25-20(15-5-6-15)24-14-22(12-18(24)21(26)27)7-9-23(10-8-22)13-17-11-16-3-1-2-4-19(16)28-17/h1-4,11,15,18H,5-10,12-14H2,(H,26,27). The molecule has 1 N–H and O–H groups in total. The van der Waals surface area contributed by atoms with Gasteiger partial charge in [-0.1, -0.05) is 18.2 Å². The molecule has 148 valence electrons. The van der Waals surface area contributed by atoms with Gasteiger partial charge in [-0.25, -0.2) is 4.79 Å². The second kappa shape index (κ2) is 6.62. The van der Waals surface area contributed by atoms with Crippen molar-refractivity contribution in [1.82, 2.24) is 9.80 Å². The van der Waals surface area contributed by atoms with Crippen LogP contribution in [-0.2, 0) is 16.1 Å². The number of carbonyl (C=O) groups is 2. The number of nitrogens with zero attached hydrogens (tertiary/aromatic N) is 2. The highest BCUT2D eigenvalue weighted by Crippen LogP contribution is 2.45. The van der Waals surface area contributed by atoms with Gasteiger partial charge in [0, 0.05) is 17.8 Å². The highest BCUT2D eigenvalue weighted by Gasteiger charge is 2.51. The lowest BCUT2D eigenvalue weighted by Gasteiger charge is -2.38. The van der Waals surface area contributed by atoms with Crippen LogP contribution < -0.4 is 0 Å². The Labute approximate surface area is 164 Å². The summed E-state index contributed by atoms with van der Waals surface area (Å²) in [4.78, 5) is 28.4. The molecule has 3 aliphatic rings. The molecule has 0 radical (unpaired) electrons. The number of likely N-dealkylation sites (tertiary alicyclic amines) is 2. The molecule has 1 saturated carbocycles. The number of furan rings is 1. The van der Waals surface area contributed by atoms with Crippen LogP contribution in [0.3, 0.4) is 0 Å². The molecule has 2 saturated heterocycles. The summed E-state index contributed by atoms with van der Waals surface area (Å²) in [5.41, 5.74) is 0.873. The average molecular weight is 382 g/mol. The molecule has 6 nitrogen and oxygen atoms in total. The fraction of sp³-hybridized carbons (Fsp3) is 0.545. The minimum absolute atomic E-state index is 0.0437. The van der Waals surface area contributed by atoms with E-state index in [4.69, 9.17) is 4.42 Å². The van der Waals surface area contributed by atoms with Crippen molar-refractivity contribution in [3.05, 3.63) is 36.1 Å². The minimum Gasteiger partial charge on any atom is -0.480 e. The Kier molecular flexibility index (Phi) is 4.19. The predicted molar refractivity (Wildman–Crippen MR) is 104 cm³/mol. The van der Waals surface area contributed by atoms with Gasteiger partial charge in [0.15, 0.2) is 0 Å². The number of benzene rings is 1. The number of amides is 1. The summed E-state index contributed by atoms with van der Waals surface area (Å²) in [6, 6.07) is 9.50. The van der Waals surface area contributed by atoms with E-state index in [0.29, 0.717) is 13.0 Å². The fourth-order valence-corrected chi connectivity index (χ4v) is 4.96. The van der Waals surface area contributed by atoms with E-state index in [1.807, 2.05) is 18.2 Å². The van der Waals surface area contributed by atoms with Crippen LogP contribution in [0.4, 0.5) is 0 Å². The number of carbonyl (C=O) groups excluding carboxylic acids is 1. The molecule has 6 heteroatoms. The van der Waals surface area contributed by atoms with Crippen LogP contribution in [0.5, 0.6) is 0 Å². The van der Waals surface area contributed by atoms with E-state index in [-0.39, 0.29) is 17.2 Å². The van der Waals surface area contributed by atoms with Crippen LogP contribution >= 0.6 is 0 Å². The van der Waals surface area contributed by atoms with Crippen LogP contribution in [0.1, 0.15) is 37.9 Å². The van der Waals surface area contributed by atoms with Crippen molar-refractivity contribution >= 4 is 22.8 Å². The molecule has 1 aliphatic carbocycles. The molecule has 0 bridgehead atoms. The molecule has 28 heavy (non-hydrogen) atoms. The monoisotopic (exact) mass is 382 g/mol. The second-order valence-electron chi connectivity index (χ2n) is 8.83. The molecule has 2 aromatic rings. The van der Waals surface area contributed by atoms with Crippen molar-refractivity contribution < 1.29 is 19.1 Å². The number of hydrogen-bond acceptors (Lipinski definition) is 4. The molecule has 1 amide bonds. The van der Waals surface area contributed by atoms with Crippen molar-refractivity contribution in [1.29, 1.82) is 0 Å². The van der Waals surface area contributed by atoms with Gasteiger partial charge in [0.1, 0.15) is 17.4 Å². The largest absolute Gasteiger partial charge is 0.480 e. The summed E-state index contributed by atoms with van der Waals surface area (Å²) in [7, 11) is 0. The number of piperidine rings is 1. The highest BCUT2D eigenvalue weighted by molar-refractivity contribution is 5.87. The molecule has 3 fully saturated rings. The SMILES string of the molecule is O=C(O)C1CC2(CCN(Cc3cc4ccccc4o3)CC2)CN1C(=O)C1CC1. The smallest absolute Gasteiger partial charge is 0.326 e. The average Bonchev–Trinajstić information content (AvgIpc) is 3.35. The first kappa shape index (κ1) is 17.7. The molecule has 1 aromatic carbocycles. The fourth-order valence-electron chi connectivity index (χ4n) is 4.96. The summed E-state index contributed by atoms with van der Waals surface area (Å²) < 4.78 is 5.95. The van der Waals surface area contributed by atoms with Crippen LogP contribution in [0.25, 0.3) is 11.0 Å². The van der Waals surface area contributed by atoms with E-state index in [2.05, 4.69) is 17.0 Å². The van der Waals surface area contributed by atoms with Crippen molar-refractivity contribution in [2.45, 2.75) is 44.7 Å². The molecule has 1 spiro atoms. The number of hydrogen-bond donors (Lipinski definition) is 1. The van der Waals surface area contributed by atoms with E-state index in [0.717, 1.165) is 62.0 Å². The van der Waals surface area contributed by atoms with E-state index in [1.54, 1.807) is 4.90 Å². The number of carboxylic acid groups (broad SMARTS) is 1. The first-order valence-corrected chi connectivity index (χ1v) is 10.3. The minimum atomic E-state index is -0.851. The van der Waals surface area contributed by atoms with Crippen molar-refractivity contribution in [3.8, 4) is 0 Å². The maximum absolute atomic E-state index is 12.6. The van der Waals surface area contributed by atoms with E-state index in [9.17, 15) is 14.7 Å². The van der Waals surface area contributed by atoms with Crippen LogP contribution in [0.2, 0.25) is 0 Å². The third-order valence-electron chi connectivity index (χ3n) is 6.78. The van der Waals surface area contributed by atoms with Gasteiger partial charge in [-0.05, 0) is 62.7 Å². The zero-order valence-corrected chi connectivity index (χ0v) is 16.0. The van der Waals surface area contributed by atoms with Crippen LogP contribution in [-0.4, -0.2) is 52.5 Å². The second-order valence-corrected chi connectivity index (χ2v) is 8.83. The quantitative estimate of drug-likeness (QED) is 0.880. The van der Waals surface area contributed by atoms with Crippen LogP contribution in [0, 0.1) is 11.3 Å². The van der Waals surface area contributed by atoms with E-state index >= 15 is 0 Å². The zero-order valence-electron chi connectivity index (χ0n) is 16.0. The lowest BCUT2D eigenvalue weighted by Crippen LogP contribution is -2.43. The van der Waals surface area contributed by atoms with Crippen LogP contribution in [0.15, 0.2) is 34.7 Å². The number of aliphatic carboxylic acids is 1. The van der Waals surface area contributed by atoms with Gasteiger partial charge in [-0.3, -0.25) is 9.69 Å². The van der Waals surface area contributed by atoms with Gasteiger partial charge < -0.3 is 14.4 Å². The lowest BCUT2D eigenvalue weighted by atomic mass is 9.76. The Bertz CT molecular complexity index is 875. The number of fused-ring (bicyclic) bond motifs is 1. The van der Waals surface area contributed by atoms with Gasteiger partial charge in [-0.2, -0.15) is 0 Å². The Morgan fingerprint density at radius 2 is 1.93 bits per heavy atom. The number of rotatable bonds is 4. The maximum Gasteiger partial charge on any atom is 0.326 e. The lowest BCUT2D eigenvalue weighted by molar-refractivity contribution is -0.148. The topological polar surface area (TPSA) is 74.0 Å². The number of para-hydroxylation sites is 1. The Morgan fingerprint density at radius 3 is 2.61 bits per heavy atom. The summed E-state index contributed by atoms with van der Waals surface area (Å²) in [5, 5.41) is 10.8. The van der Waals surface area contributed by atoms with Gasteiger partial charge in [-0.15, -0.1) is 0 Å². The molecule has 1 atom stereocenters. The predicted octanol–water partition coefficient (Wildman–Crippen LogP) is 3.11. The van der Waals surface area contributed by atoms with E-state index in [1.165, 1.54) is 0 Å². The molecule has 2 aliphatic heterocycles. The van der Waals surface area contributed by atoms with Crippen molar-refractivity contribution in [2.75, 3.05) is 19.6 Å². The van der Waals surface area contributed by atoms with E-state index < -0.39 is 12.0 Å². The Morgan fingerprint density at radius 1 is 1.18 bits per heavy atom. The summed E-state index contributed by atoms with van der Waals surface area (Å²) in [6.07, 6.45) is 4.30. The molecule has 1 unspecified atom stereocenters. The van der Waals surface area contributed by atoms with Gasteiger partial charge in [0.2, 0.25) is 5.91 Å². The van der Waals surface area contributed by atoms with Crippen molar-refractivity contribution in [2.24, 2.45) is 11.3 Å². The summed E-state index contributed by atoms with van der Waals surface area (Å²) >= 11 is 0. The Hall–Kier alpha value is -2.34. The molecular weight excluding hydrogens is 356 g/mol. The Balaban J connectivity index is 1.24. The van der Waals surface area contributed by atoms with Gasteiger partial charge >= 0.3 is 5.97 Å². The normalized spacial score (nSPS) is 24.9. The highest BCUT2D eigenvalue weighted by atomic mass is 16.4. The molecule has 5 rings (SSSR count). The third kappa shape index (κ3) is 3.20. The molecule has 1 aromatic heterocycles. The van der Waals surface area contributed by atoms with Gasteiger partial charge in [0.05, 0.1) is 6.54 Å². The first-order chi connectivity index (χ1) is 13.5. The summed E-state index contributed by atoms with van der Waals surface area (Å²) in [5.74, 6) is 0.257. The first-order valence-electron chi connectivity index (χ1n) is 10.3. The maximum atomic E-state index is 12.6. The molecule has 3 heterocycles. The van der Waals surface area contributed by atoms with Crippen molar-refractivity contribution in [3.63, 3.8) is 0 Å². The summed E-state index contributed by atoms with van der Waals surface area (Å²) in [6.45, 7) is 3.21. The molecular formula is C22H26N2O4. The number of carboxylic acids is 1. The third-order valence-corrected chi connectivity index (χ3v) is 6.78. The zero-order chi connectivity index (χ0) is 19.3. The van der Waals surface area contributed by atoms with Gasteiger partial charge in [0.25, 0.3) is 0 Å².